The Balaban J connectivity index is 6.97. The number of allylic oxidation sites excluding steroid dienone is 2. The molecule has 0 aliphatic rings. The maximum absolute atomic E-state index is 15.1. The molecule has 0 bridgehead atoms. The first-order valence-electron chi connectivity index (χ1n) is 30.0. The molecule has 0 radical (unpaired) electrons. The van der Waals surface area contributed by atoms with Gasteiger partial charge in [-0.1, -0.05) is 102 Å². The molecule has 84 heavy (non-hydrogen) atoms. The number of hydrogen-bond acceptors (Lipinski definition) is 12. The summed E-state index contributed by atoms with van der Waals surface area (Å²) in [6.45, 7) is 29.7. The van der Waals surface area contributed by atoms with Crippen molar-refractivity contribution < 1.29 is 57.8 Å². The van der Waals surface area contributed by atoms with Gasteiger partial charge >= 0.3 is 0 Å². The van der Waals surface area contributed by atoms with Gasteiger partial charge in [-0.2, -0.15) is 0 Å². The van der Waals surface area contributed by atoms with E-state index < -0.39 is 138 Å². The van der Waals surface area contributed by atoms with E-state index in [1.165, 1.54) is 87.7 Å². The van der Waals surface area contributed by atoms with E-state index in [0.29, 0.717) is 19.3 Å². The molecule has 12 atom stereocenters. The van der Waals surface area contributed by atoms with Gasteiger partial charge in [0, 0.05) is 55.3 Å². The highest BCUT2D eigenvalue weighted by molar-refractivity contribution is 5.98. The van der Waals surface area contributed by atoms with Gasteiger partial charge in [0.15, 0.2) is 0 Å². The second kappa shape index (κ2) is 36.0. The van der Waals surface area contributed by atoms with E-state index in [-0.39, 0.29) is 54.8 Å². The Morgan fingerprint density at radius 3 is 1.36 bits per heavy atom. The van der Waals surface area contributed by atoms with Crippen molar-refractivity contribution in [2.24, 2.45) is 47.2 Å². The molecule has 482 valence electrons. The third-order valence-corrected chi connectivity index (χ3v) is 15.6. The summed E-state index contributed by atoms with van der Waals surface area (Å²) < 4.78 is 0. The predicted octanol–water partition coefficient (Wildman–Crippen LogP) is 3.26. The van der Waals surface area contributed by atoms with Crippen molar-refractivity contribution in [1.29, 1.82) is 0 Å². The van der Waals surface area contributed by atoms with Crippen molar-refractivity contribution in [3.8, 4) is 0 Å². The van der Waals surface area contributed by atoms with E-state index in [2.05, 4.69) is 16.0 Å². The molecular formula is C61H111N11O12. The van der Waals surface area contributed by atoms with Crippen LogP contribution in [0.5, 0.6) is 0 Å². The Kier molecular flexibility index (Phi) is 33.4. The van der Waals surface area contributed by atoms with Crippen molar-refractivity contribution in [3.05, 3.63) is 12.2 Å². The zero-order chi connectivity index (χ0) is 65.7. The van der Waals surface area contributed by atoms with E-state index in [1.54, 1.807) is 60.6 Å². The third-order valence-electron chi connectivity index (χ3n) is 15.6. The Morgan fingerprint density at radius 1 is 0.476 bits per heavy atom. The monoisotopic (exact) mass is 1190 g/mol. The summed E-state index contributed by atoms with van der Waals surface area (Å²) in [5.74, 6) is -8.24. The number of nitrogens with two attached hydrogens (primary N) is 1. The van der Waals surface area contributed by atoms with Gasteiger partial charge < -0.3 is 61.1 Å². The number of aliphatic hydroxyl groups excluding tert-OH is 1. The summed E-state index contributed by atoms with van der Waals surface area (Å²) in [5, 5.41) is 20.0. The van der Waals surface area contributed by atoms with E-state index >= 15 is 9.59 Å². The fraction of sp³-hybridized carbons (Fsp3) is 0.787. The van der Waals surface area contributed by atoms with Gasteiger partial charge in [0.25, 0.3) is 0 Å². The number of rotatable bonds is 35. The normalized spacial score (nSPS) is 16.0. The lowest BCUT2D eigenvalue weighted by Crippen LogP contribution is -2.63. The fourth-order valence-corrected chi connectivity index (χ4v) is 10.2. The van der Waals surface area contributed by atoms with Crippen molar-refractivity contribution in [2.75, 3.05) is 55.9 Å². The average Bonchev–Trinajstić information content (AvgIpc) is 3.37. The lowest BCUT2D eigenvalue weighted by molar-refractivity contribution is -0.157. The molecule has 0 spiro atoms. The van der Waals surface area contributed by atoms with Crippen LogP contribution in [0, 0.1) is 41.4 Å². The molecule has 0 heterocycles. The van der Waals surface area contributed by atoms with Crippen molar-refractivity contribution >= 4 is 65.0 Å². The molecule has 6 N–H and O–H groups in total. The average molecular weight is 1190 g/mol. The van der Waals surface area contributed by atoms with Crippen LogP contribution in [0.15, 0.2) is 12.2 Å². The molecular weight excluding hydrogens is 1080 g/mol. The Bertz CT molecular complexity index is 2260. The first kappa shape index (κ1) is 77.9. The number of nitrogens with zero attached hydrogens (tertiary/aromatic N) is 7. The van der Waals surface area contributed by atoms with Gasteiger partial charge in [-0.05, 0) is 102 Å². The van der Waals surface area contributed by atoms with Gasteiger partial charge in [0.1, 0.15) is 54.4 Å². The maximum atomic E-state index is 15.1. The SMILES string of the molecule is C/C=C\C[C@@H](C)[C@H](O)C(C(=O)N[C@@H](CC)C(=O)N(C)CC(=O)N(C)[C@@H](CC(C)C)C(N)=O)N(C)C(=O)[C@H](C(C)C)N(C)C(=O)[C@@H](CC(C)C)N(C)C(=O)[C@@H](CC(C)C)N(C)C(=O)[C@H](C)NC(=O)[C@@H](C)NC(=O)[C@H](C)N(C)C(=O)[C@H](C)CC(C)C. The second-order valence-electron chi connectivity index (χ2n) is 25.3. The highest BCUT2D eigenvalue weighted by Crippen LogP contribution is 2.25. The smallest absolute Gasteiger partial charge is 0.246 e. The van der Waals surface area contributed by atoms with E-state index in [1.807, 2.05) is 55.4 Å². The molecule has 0 rings (SSSR count). The highest BCUT2D eigenvalue weighted by atomic mass is 16.3. The minimum absolute atomic E-state index is 0.0374. The molecule has 0 saturated carbocycles. The molecule has 23 heteroatoms. The van der Waals surface area contributed by atoms with Gasteiger partial charge in [-0.25, -0.2) is 0 Å². The third kappa shape index (κ3) is 23.0. The number of carbonyl (C=O) groups is 11. The summed E-state index contributed by atoms with van der Waals surface area (Å²) in [5.41, 5.74) is 5.62. The van der Waals surface area contributed by atoms with Crippen LogP contribution in [0.25, 0.3) is 0 Å². The van der Waals surface area contributed by atoms with Gasteiger partial charge in [-0.15, -0.1) is 0 Å². The van der Waals surface area contributed by atoms with Crippen LogP contribution in [0.3, 0.4) is 0 Å². The molecule has 1 unspecified atom stereocenters. The van der Waals surface area contributed by atoms with Gasteiger partial charge in [0.05, 0.1) is 12.6 Å². The Labute approximate surface area is 503 Å². The number of carbonyl (C=O) groups excluding carboxylic acids is 11. The van der Waals surface area contributed by atoms with E-state index in [0.717, 1.165) is 9.80 Å². The van der Waals surface area contributed by atoms with Crippen LogP contribution >= 0.6 is 0 Å². The highest BCUT2D eigenvalue weighted by Gasteiger charge is 2.45. The molecule has 0 aromatic heterocycles. The number of nitrogens with one attached hydrogen (secondary N) is 3. The molecule has 0 fully saturated rings. The van der Waals surface area contributed by atoms with Crippen molar-refractivity contribution in [2.45, 2.75) is 217 Å². The zero-order valence-electron chi connectivity index (χ0n) is 55.6. The quantitative estimate of drug-likeness (QED) is 0.0572. The molecule has 23 nitrogen and oxygen atoms in total. The number of hydrogen-bond donors (Lipinski definition) is 5. The molecule has 0 aromatic rings. The lowest BCUT2D eigenvalue weighted by atomic mass is 9.91. The van der Waals surface area contributed by atoms with Crippen molar-refractivity contribution in [1.82, 2.24) is 50.2 Å². The zero-order valence-corrected chi connectivity index (χ0v) is 55.6. The molecule has 0 aromatic carbocycles. The topological polar surface area (TPSA) is 293 Å². The summed E-state index contributed by atoms with van der Waals surface area (Å²) >= 11 is 0. The van der Waals surface area contributed by atoms with Gasteiger partial charge in [-0.3, -0.25) is 52.7 Å². The second-order valence-corrected chi connectivity index (χ2v) is 25.3. The number of amides is 11. The number of primary amides is 1. The molecule has 11 amide bonds. The summed E-state index contributed by atoms with van der Waals surface area (Å²) in [6.07, 6.45) is 3.72. The first-order valence-corrected chi connectivity index (χ1v) is 30.0. The maximum Gasteiger partial charge on any atom is 0.246 e. The Hall–Kier alpha value is -6.13. The number of aliphatic hydroxyl groups is 1. The molecule has 0 aliphatic heterocycles. The summed E-state index contributed by atoms with van der Waals surface area (Å²) in [4.78, 5) is 162. The first-order chi connectivity index (χ1) is 38.6. The van der Waals surface area contributed by atoms with Crippen LogP contribution < -0.4 is 21.7 Å². The van der Waals surface area contributed by atoms with E-state index in [4.69, 9.17) is 5.73 Å². The van der Waals surface area contributed by atoms with Gasteiger partial charge in [0.2, 0.25) is 65.0 Å². The lowest BCUT2D eigenvalue weighted by Gasteiger charge is -2.41. The van der Waals surface area contributed by atoms with Crippen LogP contribution in [-0.2, 0) is 52.7 Å². The summed E-state index contributed by atoms with van der Waals surface area (Å²) in [7, 11) is 10.0. The summed E-state index contributed by atoms with van der Waals surface area (Å²) in [6, 6.07) is -10.4. The van der Waals surface area contributed by atoms with E-state index in [9.17, 15) is 48.3 Å². The van der Waals surface area contributed by atoms with Crippen LogP contribution in [0.2, 0.25) is 0 Å². The van der Waals surface area contributed by atoms with Crippen LogP contribution in [-0.4, -0.2) is 221 Å². The number of likely N-dealkylation sites (N-methyl/N-ethyl adjacent to an activating group) is 7. The fourth-order valence-electron chi connectivity index (χ4n) is 10.2. The molecule has 0 aliphatic carbocycles. The minimum atomic E-state index is -1.60. The predicted molar refractivity (Wildman–Crippen MR) is 326 cm³/mol. The van der Waals surface area contributed by atoms with Crippen LogP contribution in [0.1, 0.15) is 156 Å². The van der Waals surface area contributed by atoms with Crippen LogP contribution in [0.4, 0.5) is 0 Å². The largest absolute Gasteiger partial charge is 0.390 e. The standard InChI is InChI=1S/C61H111N11O12/c1-25-27-28-39(13)51(74)50(55(78)65-44(26-2)58(81)66(18)33-48(73)68(20)45(52(62)75)30-35(5)6)72(24)61(84)49(38(11)12)71(23)60(83)47(32-37(9)10)70(22)59(82)46(31-36(7)8)69(21)57(80)42(16)64-53(76)41(15)63-54(77)43(17)67(19)56(79)40(14)29-34(3)4/h25,27,34-47,49-51,74H,26,28-33H2,1-24H3,(H2,62,75)(H,63,77)(H,64,76)(H,65,78)/b27-25-/t39-,40-,41-,42+,43+,44+,45+,46-,47-,49+,50?,51+/m1/s1. The van der Waals surface area contributed by atoms with Crippen molar-refractivity contribution in [3.63, 3.8) is 0 Å². The minimum Gasteiger partial charge on any atom is -0.390 e. The molecule has 0 saturated heterocycles. The Morgan fingerprint density at radius 2 is 0.917 bits per heavy atom.